The summed E-state index contributed by atoms with van der Waals surface area (Å²) in [5, 5.41) is 0. The van der Waals surface area contributed by atoms with Gasteiger partial charge in [0.25, 0.3) is 26.0 Å². The van der Waals surface area contributed by atoms with Crippen molar-refractivity contribution in [2.45, 2.75) is 9.79 Å². The van der Waals surface area contributed by atoms with Gasteiger partial charge >= 0.3 is 0 Å². The largest absolute Gasteiger partial charge is 0.285 e. The second-order valence-electron chi connectivity index (χ2n) is 4.96. The van der Waals surface area contributed by atoms with Gasteiger partial charge < -0.3 is 0 Å². The van der Waals surface area contributed by atoms with Crippen LogP contribution >= 0.6 is 0 Å². The van der Waals surface area contributed by atoms with Gasteiger partial charge in [-0.25, -0.2) is 8.42 Å². The third kappa shape index (κ3) is 1.74. The van der Waals surface area contributed by atoms with Crippen molar-refractivity contribution in [2.24, 2.45) is 4.40 Å². The highest BCUT2D eigenvalue weighted by Crippen LogP contribution is 2.35. The van der Waals surface area contributed by atoms with Gasteiger partial charge in [0.1, 0.15) is 9.79 Å². The molecule has 2 aromatic carbocycles. The van der Waals surface area contributed by atoms with Crippen LogP contribution in [0.15, 0.2) is 62.7 Å². The average molecular weight is 348 g/mol. The van der Waals surface area contributed by atoms with Crippen molar-refractivity contribution >= 4 is 31.8 Å². The highest BCUT2D eigenvalue weighted by Gasteiger charge is 2.47. The summed E-state index contributed by atoms with van der Waals surface area (Å²) in [4.78, 5) is 12.2. The van der Waals surface area contributed by atoms with Crippen LogP contribution in [0, 0.1) is 0 Å². The molecule has 0 aliphatic carbocycles. The quantitative estimate of drug-likeness (QED) is 0.706. The summed E-state index contributed by atoms with van der Waals surface area (Å²) in [7, 11) is -8.21. The Labute approximate surface area is 132 Å². The minimum atomic E-state index is -4.18. The van der Waals surface area contributed by atoms with Crippen LogP contribution < -0.4 is 0 Å². The lowest BCUT2D eigenvalue weighted by Gasteiger charge is -2.14. The maximum atomic E-state index is 12.6. The van der Waals surface area contributed by atoms with Crippen LogP contribution in [0.1, 0.15) is 15.9 Å². The van der Waals surface area contributed by atoms with E-state index in [2.05, 4.69) is 4.40 Å². The monoisotopic (exact) mass is 348 g/mol. The lowest BCUT2D eigenvalue weighted by atomic mass is 10.2. The van der Waals surface area contributed by atoms with Gasteiger partial charge in [-0.15, -0.1) is 4.40 Å². The highest BCUT2D eigenvalue weighted by atomic mass is 32.2. The molecule has 0 spiro atoms. The van der Waals surface area contributed by atoms with Crippen molar-refractivity contribution in [3.8, 4) is 0 Å². The minimum Gasteiger partial charge on any atom is -0.267 e. The Morgan fingerprint density at radius 3 is 2.00 bits per heavy atom. The first-order valence-corrected chi connectivity index (χ1v) is 9.35. The molecule has 0 unspecified atom stereocenters. The van der Waals surface area contributed by atoms with Crippen LogP contribution in [0.4, 0.5) is 0 Å². The normalized spacial score (nSPS) is 20.1. The number of fused-ring (bicyclic) bond motifs is 2. The molecule has 9 heteroatoms. The molecule has 4 rings (SSSR count). The van der Waals surface area contributed by atoms with Crippen molar-refractivity contribution < 1.29 is 21.6 Å². The Balaban J connectivity index is 2.00. The number of carbonyl (C=O) groups excluding carboxylic acids is 1. The predicted molar refractivity (Wildman–Crippen MR) is 80.0 cm³/mol. The summed E-state index contributed by atoms with van der Waals surface area (Å²) >= 11 is 0. The maximum absolute atomic E-state index is 12.6. The van der Waals surface area contributed by atoms with Crippen LogP contribution in [0.5, 0.6) is 0 Å². The van der Waals surface area contributed by atoms with Crippen LogP contribution in [0.2, 0.25) is 0 Å². The Bertz CT molecular complexity index is 1120. The van der Waals surface area contributed by atoms with Crippen molar-refractivity contribution in [3.63, 3.8) is 0 Å². The molecule has 0 radical (unpaired) electrons. The summed E-state index contributed by atoms with van der Waals surface area (Å²) < 4.78 is 53.4. The second kappa shape index (κ2) is 4.27. The Morgan fingerprint density at radius 2 is 1.35 bits per heavy atom. The zero-order valence-corrected chi connectivity index (χ0v) is 13.0. The van der Waals surface area contributed by atoms with Crippen molar-refractivity contribution in [1.29, 1.82) is 0 Å². The number of rotatable bonds is 0. The van der Waals surface area contributed by atoms with Crippen LogP contribution in [-0.4, -0.2) is 32.9 Å². The number of carbonyl (C=O) groups is 1. The van der Waals surface area contributed by atoms with E-state index in [4.69, 9.17) is 0 Å². The second-order valence-corrected chi connectivity index (χ2v) is 8.28. The molecule has 2 aromatic rings. The smallest absolute Gasteiger partial charge is 0.267 e. The average Bonchev–Trinajstić information content (AvgIpc) is 2.89. The number of sulfonamides is 2. The number of hydrogen-bond donors (Lipinski definition) is 0. The summed E-state index contributed by atoms with van der Waals surface area (Å²) in [6, 6.07) is 11.5. The molecular formula is C14H8N2O5S2. The molecule has 7 nitrogen and oxygen atoms in total. The van der Waals surface area contributed by atoms with E-state index >= 15 is 0 Å². The van der Waals surface area contributed by atoms with E-state index in [0.717, 1.165) is 0 Å². The topological polar surface area (TPSA) is 101 Å². The first kappa shape index (κ1) is 14.1. The van der Waals surface area contributed by atoms with E-state index in [9.17, 15) is 21.6 Å². The van der Waals surface area contributed by atoms with Gasteiger partial charge in [-0.3, -0.25) is 4.79 Å². The molecule has 0 aromatic heterocycles. The highest BCUT2D eigenvalue weighted by molar-refractivity contribution is 7.92. The van der Waals surface area contributed by atoms with E-state index in [1.165, 1.54) is 42.5 Å². The molecule has 0 saturated carbocycles. The molecule has 0 bridgehead atoms. The van der Waals surface area contributed by atoms with Crippen LogP contribution in [-0.2, 0) is 20.0 Å². The summed E-state index contributed by atoms with van der Waals surface area (Å²) in [6.07, 6.45) is 0. The van der Waals surface area contributed by atoms with E-state index < -0.39 is 26.0 Å². The van der Waals surface area contributed by atoms with E-state index in [1.54, 1.807) is 6.07 Å². The summed E-state index contributed by atoms with van der Waals surface area (Å²) in [5.41, 5.74) is 0.0919. The molecule has 0 fully saturated rings. The van der Waals surface area contributed by atoms with E-state index in [-0.39, 0.29) is 26.8 Å². The van der Waals surface area contributed by atoms with Crippen molar-refractivity contribution in [3.05, 3.63) is 59.7 Å². The SMILES string of the molecule is O=C1c2ccccc2S(=O)(=O)N1C1=NS(=O)(=O)c2ccccc21. The fourth-order valence-corrected chi connectivity index (χ4v) is 5.44. The van der Waals surface area contributed by atoms with Crippen molar-refractivity contribution in [1.82, 2.24) is 4.31 Å². The molecular weight excluding hydrogens is 340 g/mol. The molecule has 23 heavy (non-hydrogen) atoms. The number of amides is 1. The first-order chi connectivity index (χ1) is 10.8. The van der Waals surface area contributed by atoms with Gasteiger partial charge in [-0.05, 0) is 24.3 Å². The molecule has 0 saturated heterocycles. The third-order valence-corrected chi connectivity index (χ3v) is 6.68. The number of nitrogens with zero attached hydrogens (tertiary/aromatic N) is 2. The Hall–Kier alpha value is -2.52. The zero-order valence-electron chi connectivity index (χ0n) is 11.4. The lowest BCUT2D eigenvalue weighted by molar-refractivity contribution is 0.0920. The molecule has 2 aliphatic heterocycles. The molecule has 116 valence electrons. The van der Waals surface area contributed by atoms with Crippen LogP contribution in [0.25, 0.3) is 0 Å². The van der Waals surface area contributed by atoms with Gasteiger partial charge in [0, 0.05) is 5.56 Å². The number of amidine groups is 1. The van der Waals surface area contributed by atoms with Gasteiger partial charge in [-0.2, -0.15) is 12.7 Å². The molecule has 1 amide bonds. The van der Waals surface area contributed by atoms with Gasteiger partial charge in [0.2, 0.25) is 0 Å². The van der Waals surface area contributed by atoms with Gasteiger partial charge in [-0.1, -0.05) is 24.3 Å². The van der Waals surface area contributed by atoms with E-state index in [0.29, 0.717) is 4.31 Å². The van der Waals surface area contributed by atoms with Crippen LogP contribution in [0.3, 0.4) is 0 Å². The number of hydrogen-bond acceptors (Lipinski definition) is 5. The third-order valence-electron chi connectivity index (χ3n) is 3.63. The zero-order chi connectivity index (χ0) is 16.4. The fraction of sp³-hybridized carbons (Fsp3) is 0. The van der Waals surface area contributed by atoms with Crippen molar-refractivity contribution in [2.75, 3.05) is 0 Å². The summed E-state index contributed by atoms with van der Waals surface area (Å²) in [6.45, 7) is 0. The molecule has 2 heterocycles. The fourth-order valence-electron chi connectivity index (χ4n) is 2.63. The van der Waals surface area contributed by atoms with Gasteiger partial charge in [0.15, 0.2) is 5.84 Å². The predicted octanol–water partition coefficient (Wildman–Crippen LogP) is 0.980. The lowest BCUT2D eigenvalue weighted by Crippen LogP contribution is -2.36. The van der Waals surface area contributed by atoms with E-state index in [1.807, 2.05) is 0 Å². The standard InChI is InChI=1S/C14H8N2O5S2/c17-14-10-6-2-4-8-12(10)23(20,21)16(14)13-9-5-1-3-7-11(9)22(18,19)15-13/h1-8H. The number of benzene rings is 2. The Morgan fingerprint density at radius 1 is 0.783 bits per heavy atom. The minimum absolute atomic E-state index is 0.00280. The van der Waals surface area contributed by atoms with Gasteiger partial charge in [0.05, 0.1) is 5.56 Å². The summed E-state index contributed by atoms with van der Waals surface area (Å²) in [5.74, 6) is -1.20. The molecule has 0 N–H and O–H groups in total. The first-order valence-electron chi connectivity index (χ1n) is 6.47. The molecule has 2 aliphatic rings. The maximum Gasteiger partial charge on any atom is 0.285 e. The Kier molecular flexibility index (Phi) is 2.62. The molecule has 0 atom stereocenters.